The van der Waals surface area contributed by atoms with Crippen molar-refractivity contribution >= 4 is 22.6 Å². The van der Waals surface area contributed by atoms with Gasteiger partial charge in [-0.15, -0.1) is 0 Å². The van der Waals surface area contributed by atoms with E-state index in [0.29, 0.717) is 42.7 Å². The Kier molecular flexibility index (Phi) is 9.58. The Morgan fingerprint density at radius 3 is 2.35 bits per heavy atom. The van der Waals surface area contributed by atoms with Gasteiger partial charge in [0.05, 0.1) is 30.6 Å². The molecule has 2 bridgehead atoms. The molecule has 0 saturated carbocycles. The molecule has 6 rings (SSSR count). The molecule has 0 radical (unpaired) electrons. The van der Waals surface area contributed by atoms with Gasteiger partial charge in [-0.25, -0.2) is 0 Å². The Hall–Kier alpha value is -4.62. The molecule has 0 amide bonds. The molecule has 260 valence electrons. The van der Waals surface area contributed by atoms with Crippen LogP contribution in [0.25, 0.3) is 10.9 Å². The quantitative estimate of drug-likeness (QED) is 0.102. The summed E-state index contributed by atoms with van der Waals surface area (Å²) in [6, 6.07) is 17.4. The van der Waals surface area contributed by atoms with Crippen molar-refractivity contribution in [3.63, 3.8) is 0 Å². The van der Waals surface area contributed by atoms with Gasteiger partial charge in [-0.1, -0.05) is 36.4 Å². The summed E-state index contributed by atoms with van der Waals surface area (Å²) in [7, 11) is 1.50. The monoisotopic (exact) mass is 681 g/mol. The Morgan fingerprint density at radius 1 is 1.00 bits per heavy atom. The van der Waals surface area contributed by atoms with E-state index in [9.17, 15) is 20.0 Å². The van der Waals surface area contributed by atoms with Crippen LogP contribution in [0.15, 0.2) is 72.9 Å². The first-order valence-corrected chi connectivity index (χ1v) is 16.3. The van der Waals surface area contributed by atoms with E-state index in [1.54, 1.807) is 42.2 Å². The fourth-order valence-electron chi connectivity index (χ4n) is 7.28. The molecule has 2 saturated heterocycles. The number of nitrogens with zero attached hydrogens (tertiary/aromatic N) is 3. The van der Waals surface area contributed by atoms with Crippen molar-refractivity contribution in [2.75, 3.05) is 20.3 Å². The zero-order valence-electron chi connectivity index (χ0n) is 27.2. The van der Waals surface area contributed by atoms with Gasteiger partial charge < -0.3 is 23.9 Å². The van der Waals surface area contributed by atoms with Crippen LogP contribution in [0.2, 0.25) is 0 Å². The van der Waals surface area contributed by atoms with Gasteiger partial charge in [-0.2, -0.15) is 13.2 Å². The lowest BCUT2D eigenvalue weighted by Gasteiger charge is -2.43. The van der Waals surface area contributed by atoms with E-state index in [4.69, 9.17) is 14.2 Å². The minimum atomic E-state index is -5.05. The normalized spacial score (nSPS) is 20.6. The number of fused-ring (bicyclic) bond motifs is 3. The second-order valence-corrected chi connectivity index (χ2v) is 12.7. The molecule has 13 heteroatoms. The smallest absolute Gasteiger partial charge is 0.422 e. The molecule has 0 spiro atoms. The SMILES string of the molecule is CCOC(=O)Cc1ccc(O[C@@H]2C[C@H]3CC[C@@H](C2)N3CC(O)(c2cn(Cc3ccccc3)c3cc([N+](=O)[O-])ccc23)C(F)(F)F)c(OC)c1. The van der Waals surface area contributed by atoms with Crippen molar-refractivity contribution < 1.29 is 42.2 Å². The summed E-state index contributed by atoms with van der Waals surface area (Å²) in [6.07, 6.45) is -1.80. The van der Waals surface area contributed by atoms with E-state index in [1.807, 2.05) is 18.2 Å². The highest BCUT2D eigenvalue weighted by molar-refractivity contribution is 5.87. The number of nitro groups is 1. The molecular formula is C36H38F3N3O7. The molecule has 2 aliphatic heterocycles. The van der Waals surface area contributed by atoms with E-state index in [2.05, 4.69) is 0 Å². The Labute approximate surface area is 281 Å². The summed E-state index contributed by atoms with van der Waals surface area (Å²) in [6.45, 7) is 1.49. The first-order chi connectivity index (χ1) is 23.4. The third kappa shape index (κ3) is 6.95. The van der Waals surface area contributed by atoms with Crippen LogP contribution >= 0.6 is 0 Å². The number of carbonyl (C=O) groups is 1. The third-order valence-electron chi connectivity index (χ3n) is 9.61. The number of alkyl halides is 3. The molecule has 2 fully saturated rings. The van der Waals surface area contributed by atoms with Gasteiger partial charge in [0.15, 0.2) is 11.5 Å². The predicted molar refractivity (Wildman–Crippen MR) is 175 cm³/mol. The number of esters is 1. The van der Waals surface area contributed by atoms with Gasteiger partial charge >= 0.3 is 12.1 Å². The number of hydrogen-bond acceptors (Lipinski definition) is 8. The second-order valence-electron chi connectivity index (χ2n) is 12.7. The Balaban J connectivity index is 1.26. The summed E-state index contributed by atoms with van der Waals surface area (Å²) in [5.41, 5.74) is -2.13. The van der Waals surface area contributed by atoms with E-state index in [1.165, 1.54) is 36.1 Å². The maximum absolute atomic E-state index is 15.1. The zero-order valence-corrected chi connectivity index (χ0v) is 27.2. The van der Waals surface area contributed by atoms with E-state index in [0.717, 1.165) is 5.56 Å². The maximum atomic E-state index is 15.1. The molecule has 4 aromatic rings. The van der Waals surface area contributed by atoms with Crippen molar-refractivity contribution in [2.45, 2.75) is 75.5 Å². The van der Waals surface area contributed by atoms with E-state index < -0.39 is 23.2 Å². The highest BCUT2D eigenvalue weighted by Crippen LogP contribution is 2.47. The van der Waals surface area contributed by atoms with E-state index >= 15 is 13.2 Å². The summed E-state index contributed by atoms with van der Waals surface area (Å²) in [5, 5.41) is 23.5. The van der Waals surface area contributed by atoms with Crippen molar-refractivity contribution in [1.82, 2.24) is 9.47 Å². The molecule has 4 atom stereocenters. The molecule has 2 aliphatic rings. The number of aliphatic hydroxyl groups is 1. The molecule has 3 aromatic carbocycles. The third-order valence-corrected chi connectivity index (χ3v) is 9.61. The predicted octanol–water partition coefficient (Wildman–Crippen LogP) is 6.54. The number of piperidine rings is 1. The number of aromatic nitrogens is 1. The van der Waals surface area contributed by atoms with Gasteiger partial charge in [-0.3, -0.25) is 19.8 Å². The summed E-state index contributed by atoms with van der Waals surface area (Å²) in [5.74, 6) is 0.554. The molecule has 3 heterocycles. The van der Waals surface area contributed by atoms with Crippen LogP contribution in [-0.2, 0) is 28.1 Å². The van der Waals surface area contributed by atoms with Crippen LogP contribution in [0.1, 0.15) is 49.3 Å². The lowest BCUT2D eigenvalue weighted by molar-refractivity contribution is -0.384. The fraction of sp³-hybridized carbons (Fsp3) is 0.417. The molecule has 1 N–H and O–H groups in total. The lowest BCUT2D eigenvalue weighted by Crippen LogP contribution is -2.56. The Morgan fingerprint density at radius 2 is 1.71 bits per heavy atom. The summed E-state index contributed by atoms with van der Waals surface area (Å²) >= 11 is 0. The average Bonchev–Trinajstić information content (AvgIpc) is 3.53. The van der Waals surface area contributed by atoms with Crippen molar-refractivity contribution in [3.05, 3.63) is 99.7 Å². The first kappa shape index (κ1) is 34.3. The van der Waals surface area contributed by atoms with Gasteiger partial charge in [0.25, 0.3) is 5.69 Å². The van der Waals surface area contributed by atoms with Gasteiger partial charge in [0.2, 0.25) is 5.60 Å². The maximum Gasteiger partial charge on any atom is 0.422 e. The van der Waals surface area contributed by atoms with Crippen LogP contribution in [-0.4, -0.2) is 70.1 Å². The number of carbonyl (C=O) groups excluding carboxylic acids is 1. The van der Waals surface area contributed by atoms with Crippen LogP contribution in [0, 0.1) is 10.1 Å². The lowest BCUT2D eigenvalue weighted by atomic mass is 9.89. The van der Waals surface area contributed by atoms with E-state index in [-0.39, 0.29) is 65.9 Å². The number of non-ortho nitro benzene ring substituents is 1. The van der Waals surface area contributed by atoms with Gasteiger partial charge in [-0.05, 0) is 61.9 Å². The molecular weight excluding hydrogens is 643 g/mol. The zero-order chi connectivity index (χ0) is 34.9. The topological polar surface area (TPSA) is 116 Å². The number of ether oxygens (including phenoxy) is 3. The first-order valence-electron chi connectivity index (χ1n) is 16.3. The molecule has 0 aliphatic carbocycles. The Bertz CT molecular complexity index is 1820. The number of nitro benzene ring substituents is 1. The number of methoxy groups -OCH3 is 1. The highest BCUT2D eigenvalue weighted by atomic mass is 19.4. The average molecular weight is 682 g/mol. The van der Waals surface area contributed by atoms with Gasteiger partial charge in [0.1, 0.15) is 6.10 Å². The van der Waals surface area contributed by atoms with Crippen LogP contribution < -0.4 is 9.47 Å². The number of halogens is 3. The molecule has 1 unspecified atom stereocenters. The molecule has 49 heavy (non-hydrogen) atoms. The standard InChI is InChI=1S/C36H38F3N3O7/c1-3-48-34(43)16-24-9-14-32(33(15-24)47-2)49-28-17-25-10-11-26(18-28)41(25)22-35(44,36(37,38)39)30-21-40(20-23-7-5-4-6-8-23)31-19-27(42(45)46)12-13-29(30)31/h4-9,12-15,19,21,25-26,28,44H,3,10-11,16-18,20,22H2,1-2H3/t25-,26+,28-,35?. The van der Waals surface area contributed by atoms with Crippen molar-refractivity contribution in [2.24, 2.45) is 0 Å². The minimum Gasteiger partial charge on any atom is -0.493 e. The molecule has 10 nitrogen and oxygen atoms in total. The highest BCUT2D eigenvalue weighted by Gasteiger charge is 2.59. The van der Waals surface area contributed by atoms with Crippen LogP contribution in [0.3, 0.4) is 0 Å². The summed E-state index contributed by atoms with van der Waals surface area (Å²) < 4.78 is 63.8. The number of hydrogen-bond donors (Lipinski definition) is 1. The van der Waals surface area contributed by atoms with Crippen LogP contribution in [0.4, 0.5) is 18.9 Å². The second kappa shape index (κ2) is 13.7. The number of rotatable bonds is 12. The summed E-state index contributed by atoms with van der Waals surface area (Å²) in [4.78, 5) is 24.7. The van der Waals surface area contributed by atoms with Gasteiger partial charge in [0, 0.05) is 54.5 Å². The largest absolute Gasteiger partial charge is 0.493 e. The van der Waals surface area contributed by atoms with Crippen molar-refractivity contribution in [3.8, 4) is 11.5 Å². The molecule has 1 aromatic heterocycles. The minimum absolute atomic E-state index is 0.0803. The number of benzene rings is 3. The van der Waals surface area contributed by atoms with Crippen molar-refractivity contribution in [1.29, 1.82) is 0 Å². The van der Waals surface area contributed by atoms with Crippen LogP contribution in [0.5, 0.6) is 11.5 Å². The fourth-order valence-corrected chi connectivity index (χ4v) is 7.28.